The molecule has 0 fully saturated rings. The maximum absolute atomic E-state index is 12.7. The Morgan fingerprint density at radius 2 is 2.24 bits per heavy atom. The quantitative estimate of drug-likeness (QED) is 0.294. The van der Waals surface area contributed by atoms with Crippen molar-refractivity contribution in [2.75, 3.05) is 11.4 Å². The molecule has 0 aromatic carbocycles. The number of nitrogens with one attached hydrogen (secondary N) is 1. The fourth-order valence-corrected chi connectivity index (χ4v) is 2.95. The molecule has 0 unspecified atom stereocenters. The van der Waals surface area contributed by atoms with Crippen molar-refractivity contribution < 1.29 is 19.8 Å². The summed E-state index contributed by atoms with van der Waals surface area (Å²) in [5.41, 5.74) is 1.75. The first-order valence-corrected chi connectivity index (χ1v) is 9.30. The van der Waals surface area contributed by atoms with Gasteiger partial charge in [0.15, 0.2) is 6.29 Å². The molecule has 2 heterocycles. The predicted molar refractivity (Wildman–Crippen MR) is 108 cm³/mol. The number of hydrogen-bond donors (Lipinski definition) is 3. The topological polar surface area (TPSA) is 127 Å². The van der Waals surface area contributed by atoms with E-state index in [9.17, 15) is 19.8 Å². The van der Waals surface area contributed by atoms with Crippen LogP contribution in [0.25, 0.3) is 0 Å². The second-order valence-corrected chi connectivity index (χ2v) is 6.53. The predicted octanol–water partition coefficient (Wildman–Crippen LogP) is 3.05. The van der Waals surface area contributed by atoms with Gasteiger partial charge >= 0.3 is 6.03 Å². The molecule has 1 aromatic rings. The van der Waals surface area contributed by atoms with E-state index in [0.29, 0.717) is 42.8 Å². The van der Waals surface area contributed by atoms with Gasteiger partial charge < -0.3 is 15.5 Å². The number of rotatable bonds is 6. The van der Waals surface area contributed by atoms with Gasteiger partial charge in [-0.15, -0.1) is 0 Å². The van der Waals surface area contributed by atoms with Crippen molar-refractivity contribution in [3.63, 3.8) is 0 Å². The third kappa shape index (κ3) is 5.30. The minimum Gasteiger partial charge on any atom is -0.507 e. The highest BCUT2D eigenvalue weighted by Gasteiger charge is 2.25. The molecular formula is C21H24N4O4. The molecule has 2 amide bonds. The number of aryl methyl sites for hydroxylation is 1. The van der Waals surface area contributed by atoms with Crippen LogP contribution in [0.1, 0.15) is 48.3 Å². The van der Waals surface area contributed by atoms with Gasteiger partial charge in [-0.3, -0.25) is 9.69 Å². The number of hydrogen-bond acceptors (Lipinski definition) is 6. The molecule has 0 spiro atoms. The van der Waals surface area contributed by atoms with Gasteiger partial charge in [-0.2, -0.15) is 5.26 Å². The lowest BCUT2D eigenvalue weighted by molar-refractivity contribution is 0.111. The summed E-state index contributed by atoms with van der Waals surface area (Å²) in [6.07, 6.45) is 7.25. The van der Waals surface area contributed by atoms with Gasteiger partial charge in [-0.25, -0.2) is 9.78 Å². The fraction of sp³-hybridized carbons (Fsp3) is 0.333. The van der Waals surface area contributed by atoms with Crippen LogP contribution in [-0.4, -0.2) is 34.1 Å². The van der Waals surface area contributed by atoms with E-state index in [1.165, 1.54) is 17.1 Å². The van der Waals surface area contributed by atoms with Crippen molar-refractivity contribution in [1.82, 2.24) is 10.3 Å². The minimum absolute atomic E-state index is 0.0950. The summed E-state index contributed by atoms with van der Waals surface area (Å²) in [7, 11) is 0. The molecular weight excluding hydrogens is 372 g/mol. The van der Waals surface area contributed by atoms with E-state index in [2.05, 4.69) is 10.3 Å². The molecule has 1 aliphatic heterocycles. The Labute approximate surface area is 169 Å². The van der Waals surface area contributed by atoms with Crippen LogP contribution in [0.5, 0.6) is 0 Å². The molecule has 8 heteroatoms. The molecule has 0 bridgehead atoms. The van der Waals surface area contributed by atoms with Gasteiger partial charge in [-0.05, 0) is 43.9 Å². The maximum atomic E-state index is 12.7. The maximum Gasteiger partial charge on any atom is 0.327 e. The number of carbonyl (C=O) groups is 2. The number of urea groups is 1. The largest absolute Gasteiger partial charge is 0.507 e. The third-order valence-electron chi connectivity index (χ3n) is 4.38. The SMILES string of the molecule is CC/C=C/C(C#N)=C(O)\C=C(/C)NC(=O)N1CCCc2cc(CO)c(C=O)nc21. The number of aromatic nitrogens is 1. The first kappa shape index (κ1) is 21.9. The number of aliphatic hydroxyl groups excluding tert-OH is 2. The van der Waals surface area contributed by atoms with Gasteiger partial charge in [0, 0.05) is 23.9 Å². The monoisotopic (exact) mass is 396 g/mol. The lowest BCUT2D eigenvalue weighted by atomic mass is 10.0. The van der Waals surface area contributed by atoms with E-state index in [1.807, 2.05) is 13.0 Å². The van der Waals surface area contributed by atoms with E-state index >= 15 is 0 Å². The summed E-state index contributed by atoms with van der Waals surface area (Å²) in [6.45, 7) is 3.62. The summed E-state index contributed by atoms with van der Waals surface area (Å²) < 4.78 is 0. The average molecular weight is 396 g/mol. The van der Waals surface area contributed by atoms with E-state index in [1.54, 1.807) is 19.1 Å². The fourth-order valence-electron chi connectivity index (χ4n) is 2.95. The normalized spacial score (nSPS) is 14.8. The number of nitrogens with zero attached hydrogens (tertiary/aromatic N) is 3. The molecule has 1 aliphatic rings. The Balaban J connectivity index is 2.26. The standard InChI is InChI=1S/C21H24N4O4/c1-3-4-6-16(11-22)19(28)9-14(2)23-21(29)25-8-5-7-15-10-17(12-26)18(13-27)24-20(15)25/h4,6,9-10,13,26,28H,3,5,7-8,12H2,1-2H3,(H,23,29)/b6-4+,14-9+,19-16-. The number of aliphatic hydroxyl groups is 2. The molecule has 0 atom stereocenters. The number of aldehydes is 1. The van der Waals surface area contributed by atoms with Crippen molar-refractivity contribution in [3.8, 4) is 6.07 Å². The summed E-state index contributed by atoms with van der Waals surface area (Å²) in [5, 5.41) is 31.3. The highest BCUT2D eigenvalue weighted by Crippen LogP contribution is 2.27. The number of amides is 2. The van der Waals surface area contributed by atoms with Crippen molar-refractivity contribution in [2.45, 2.75) is 39.7 Å². The minimum atomic E-state index is -0.462. The molecule has 8 nitrogen and oxygen atoms in total. The number of fused-ring (bicyclic) bond motifs is 1. The molecule has 152 valence electrons. The zero-order chi connectivity index (χ0) is 21.4. The summed E-state index contributed by atoms with van der Waals surface area (Å²) in [4.78, 5) is 29.7. The second kappa shape index (κ2) is 10.2. The molecule has 3 N–H and O–H groups in total. The highest BCUT2D eigenvalue weighted by atomic mass is 16.3. The van der Waals surface area contributed by atoms with Crippen LogP contribution in [0, 0.1) is 11.3 Å². The molecule has 29 heavy (non-hydrogen) atoms. The van der Waals surface area contributed by atoms with Crippen LogP contribution in [0.3, 0.4) is 0 Å². The van der Waals surface area contributed by atoms with Crippen LogP contribution in [-0.2, 0) is 13.0 Å². The smallest absolute Gasteiger partial charge is 0.327 e. The lowest BCUT2D eigenvalue weighted by Crippen LogP contribution is -2.43. The Hall–Kier alpha value is -3.44. The summed E-state index contributed by atoms with van der Waals surface area (Å²) >= 11 is 0. The van der Waals surface area contributed by atoms with Gasteiger partial charge in [0.05, 0.1) is 12.2 Å². The zero-order valence-electron chi connectivity index (χ0n) is 16.5. The number of allylic oxidation sites excluding steroid dienone is 5. The molecule has 0 saturated carbocycles. The van der Waals surface area contributed by atoms with Gasteiger partial charge in [-0.1, -0.05) is 13.0 Å². The van der Waals surface area contributed by atoms with Crippen molar-refractivity contribution in [1.29, 1.82) is 5.26 Å². The average Bonchev–Trinajstić information content (AvgIpc) is 2.72. The van der Waals surface area contributed by atoms with E-state index in [-0.39, 0.29) is 23.6 Å². The molecule has 2 rings (SSSR count). The summed E-state index contributed by atoms with van der Waals surface area (Å²) in [6, 6.07) is 3.14. The molecule has 0 aliphatic carbocycles. The Morgan fingerprint density at radius 1 is 1.48 bits per heavy atom. The number of nitriles is 1. The lowest BCUT2D eigenvalue weighted by Gasteiger charge is -2.29. The number of anilines is 1. The molecule has 1 aromatic heterocycles. The first-order valence-electron chi connectivity index (χ1n) is 9.30. The molecule has 0 saturated heterocycles. The van der Waals surface area contributed by atoms with E-state index in [0.717, 1.165) is 12.0 Å². The highest BCUT2D eigenvalue weighted by molar-refractivity contribution is 5.93. The zero-order valence-corrected chi connectivity index (χ0v) is 16.5. The van der Waals surface area contributed by atoms with E-state index in [4.69, 9.17) is 5.26 Å². The Kier molecular flexibility index (Phi) is 7.69. The number of pyridine rings is 1. The van der Waals surface area contributed by atoms with Gasteiger partial charge in [0.25, 0.3) is 0 Å². The summed E-state index contributed by atoms with van der Waals surface area (Å²) in [5.74, 6) is 0.132. The van der Waals surface area contributed by atoms with Crippen LogP contribution in [0.15, 0.2) is 41.3 Å². The Morgan fingerprint density at radius 3 is 2.86 bits per heavy atom. The van der Waals surface area contributed by atoms with Gasteiger partial charge in [0.2, 0.25) is 0 Å². The van der Waals surface area contributed by atoms with Crippen LogP contribution in [0.4, 0.5) is 10.6 Å². The van der Waals surface area contributed by atoms with Crippen molar-refractivity contribution >= 4 is 18.1 Å². The Bertz CT molecular complexity index is 925. The van der Waals surface area contributed by atoms with Crippen molar-refractivity contribution in [2.24, 2.45) is 0 Å². The first-order chi connectivity index (χ1) is 13.9. The second-order valence-electron chi connectivity index (χ2n) is 6.53. The van der Waals surface area contributed by atoms with Crippen molar-refractivity contribution in [3.05, 3.63) is 58.1 Å². The van der Waals surface area contributed by atoms with Crippen LogP contribution in [0.2, 0.25) is 0 Å². The number of carbonyl (C=O) groups excluding carboxylic acids is 2. The van der Waals surface area contributed by atoms with Gasteiger partial charge in [0.1, 0.15) is 23.3 Å². The molecule has 0 radical (unpaired) electrons. The van der Waals surface area contributed by atoms with E-state index < -0.39 is 6.03 Å². The van der Waals surface area contributed by atoms with Crippen LogP contribution < -0.4 is 10.2 Å². The third-order valence-corrected chi connectivity index (χ3v) is 4.38. The van der Waals surface area contributed by atoms with Crippen LogP contribution >= 0.6 is 0 Å².